The first-order valence-electron chi connectivity index (χ1n) is 10.7. The summed E-state index contributed by atoms with van der Waals surface area (Å²) >= 11 is 6.46. The van der Waals surface area contributed by atoms with Crippen LogP contribution in [0.25, 0.3) is 28.2 Å². The molecule has 1 aliphatic heterocycles. The van der Waals surface area contributed by atoms with Crippen molar-refractivity contribution in [3.05, 3.63) is 77.4 Å². The molecule has 0 aliphatic carbocycles. The van der Waals surface area contributed by atoms with Gasteiger partial charge in [0.2, 0.25) is 0 Å². The van der Waals surface area contributed by atoms with Gasteiger partial charge in [-0.05, 0) is 26.0 Å². The Morgan fingerprint density at radius 3 is 2.38 bits per heavy atom. The van der Waals surface area contributed by atoms with Gasteiger partial charge in [0, 0.05) is 35.3 Å². The minimum Gasteiger partial charge on any atom is -0.372 e. The van der Waals surface area contributed by atoms with Gasteiger partial charge in [0.1, 0.15) is 5.69 Å². The largest absolute Gasteiger partial charge is 0.372 e. The highest BCUT2D eigenvalue weighted by Gasteiger charge is 2.29. The number of ether oxygens (including phenoxy) is 1. The van der Waals surface area contributed by atoms with Crippen molar-refractivity contribution in [2.75, 3.05) is 13.1 Å². The number of halogens is 1. The van der Waals surface area contributed by atoms with Crippen molar-refractivity contribution >= 4 is 23.2 Å². The number of hydrogen-bond acceptors (Lipinski definition) is 4. The first-order chi connectivity index (χ1) is 15.5. The van der Waals surface area contributed by atoms with E-state index in [9.17, 15) is 4.79 Å². The maximum absolute atomic E-state index is 13.7. The van der Waals surface area contributed by atoms with Gasteiger partial charge in [-0.1, -0.05) is 60.1 Å². The van der Waals surface area contributed by atoms with Crippen molar-refractivity contribution in [2.45, 2.75) is 26.1 Å². The quantitative estimate of drug-likeness (QED) is 0.446. The molecular weight excluding hydrogens is 424 g/mol. The van der Waals surface area contributed by atoms with Crippen LogP contribution >= 0.6 is 11.6 Å². The molecule has 2 unspecified atom stereocenters. The summed E-state index contributed by atoms with van der Waals surface area (Å²) in [6.45, 7) is 5.02. The van der Waals surface area contributed by atoms with Crippen molar-refractivity contribution < 1.29 is 9.53 Å². The minimum atomic E-state index is -0.101. The molecule has 1 fully saturated rings. The molecule has 2 atom stereocenters. The van der Waals surface area contributed by atoms with Crippen LogP contribution in [0.5, 0.6) is 0 Å². The van der Waals surface area contributed by atoms with E-state index in [1.807, 2.05) is 79.4 Å². The fourth-order valence-corrected chi connectivity index (χ4v) is 4.42. The maximum atomic E-state index is 13.7. The van der Waals surface area contributed by atoms with Gasteiger partial charge < -0.3 is 9.64 Å². The Bertz CT molecular complexity index is 1280. The van der Waals surface area contributed by atoms with Crippen molar-refractivity contribution in [3.63, 3.8) is 0 Å². The smallest absolute Gasteiger partial charge is 0.272 e. The molecule has 4 aromatic rings. The van der Waals surface area contributed by atoms with Gasteiger partial charge in [-0.2, -0.15) is 5.10 Å². The summed E-state index contributed by atoms with van der Waals surface area (Å²) in [6.07, 6.45) is -0.0545. The molecule has 1 aliphatic rings. The Hall–Kier alpha value is -3.22. The van der Waals surface area contributed by atoms with Crippen LogP contribution in [-0.2, 0) is 4.74 Å². The van der Waals surface area contributed by atoms with E-state index in [1.165, 1.54) is 0 Å². The number of morpholine rings is 1. The van der Waals surface area contributed by atoms with Crippen LogP contribution in [0.15, 0.2) is 66.7 Å². The topological polar surface area (TPSA) is 59.7 Å². The van der Waals surface area contributed by atoms with Crippen LogP contribution in [-0.4, -0.2) is 50.7 Å². The maximum Gasteiger partial charge on any atom is 0.272 e. The summed E-state index contributed by atoms with van der Waals surface area (Å²) in [6, 6.07) is 21.1. The van der Waals surface area contributed by atoms with E-state index in [0.29, 0.717) is 35.1 Å². The lowest BCUT2D eigenvalue weighted by atomic mass is 10.1. The Morgan fingerprint density at radius 2 is 1.66 bits per heavy atom. The molecule has 0 N–H and O–H groups in total. The highest BCUT2D eigenvalue weighted by molar-refractivity contribution is 6.33. The molecule has 2 aromatic carbocycles. The minimum absolute atomic E-state index is 0.0273. The van der Waals surface area contributed by atoms with E-state index in [-0.39, 0.29) is 18.1 Å². The third kappa shape index (κ3) is 3.87. The third-order valence-electron chi connectivity index (χ3n) is 5.57. The molecule has 3 heterocycles. The molecule has 0 saturated carbocycles. The second-order valence-electron chi connectivity index (χ2n) is 8.14. The molecule has 162 valence electrons. The number of benzene rings is 2. The molecule has 1 saturated heterocycles. The highest BCUT2D eigenvalue weighted by atomic mass is 35.5. The van der Waals surface area contributed by atoms with Crippen molar-refractivity contribution in [1.82, 2.24) is 19.5 Å². The number of fused-ring (bicyclic) bond motifs is 1. The lowest BCUT2D eigenvalue weighted by molar-refractivity contribution is -0.0588. The summed E-state index contributed by atoms with van der Waals surface area (Å²) in [5.74, 6) is -0.101. The number of nitrogens with zero attached hydrogens (tertiary/aromatic N) is 4. The summed E-state index contributed by atoms with van der Waals surface area (Å²) in [5, 5.41) is 5.32. The fraction of sp³-hybridized carbons (Fsp3) is 0.240. The van der Waals surface area contributed by atoms with E-state index in [1.54, 1.807) is 10.6 Å². The average Bonchev–Trinajstić information content (AvgIpc) is 3.22. The number of hydrogen-bond donors (Lipinski definition) is 0. The molecule has 0 radical (unpaired) electrons. The van der Waals surface area contributed by atoms with Crippen LogP contribution in [0.1, 0.15) is 24.3 Å². The van der Waals surface area contributed by atoms with Gasteiger partial charge in [-0.15, -0.1) is 0 Å². The van der Waals surface area contributed by atoms with Gasteiger partial charge >= 0.3 is 0 Å². The molecule has 0 bridgehead atoms. The van der Waals surface area contributed by atoms with Crippen LogP contribution in [0, 0.1) is 0 Å². The number of carbonyl (C=O) groups is 1. The van der Waals surface area contributed by atoms with E-state index >= 15 is 0 Å². The first kappa shape index (κ1) is 20.7. The summed E-state index contributed by atoms with van der Waals surface area (Å²) in [5.41, 5.74) is 4.18. The first-order valence-corrected chi connectivity index (χ1v) is 11.0. The zero-order valence-corrected chi connectivity index (χ0v) is 18.7. The van der Waals surface area contributed by atoms with Crippen LogP contribution in [0.4, 0.5) is 0 Å². The lowest BCUT2D eigenvalue weighted by Crippen LogP contribution is -2.48. The molecule has 1 amide bonds. The Morgan fingerprint density at radius 1 is 0.969 bits per heavy atom. The average molecular weight is 447 g/mol. The Labute approximate surface area is 191 Å². The predicted molar refractivity (Wildman–Crippen MR) is 125 cm³/mol. The highest BCUT2D eigenvalue weighted by Crippen LogP contribution is 2.29. The van der Waals surface area contributed by atoms with E-state index in [4.69, 9.17) is 26.4 Å². The SMILES string of the molecule is CC1CN(C(=O)c2cc(-c3ccccc3Cl)nc3cc(-c4ccccc4)nn23)CC(C)O1. The van der Waals surface area contributed by atoms with Gasteiger partial charge in [0.05, 0.1) is 23.6 Å². The van der Waals surface area contributed by atoms with Gasteiger partial charge in [0.25, 0.3) is 5.91 Å². The second kappa shape index (κ2) is 8.37. The van der Waals surface area contributed by atoms with Crippen molar-refractivity contribution in [3.8, 4) is 22.5 Å². The summed E-state index contributed by atoms with van der Waals surface area (Å²) < 4.78 is 7.45. The number of rotatable bonds is 3. The number of carbonyl (C=O) groups excluding carboxylic acids is 1. The molecule has 2 aromatic heterocycles. The van der Waals surface area contributed by atoms with Crippen LogP contribution < -0.4 is 0 Å². The van der Waals surface area contributed by atoms with E-state index in [0.717, 1.165) is 16.8 Å². The van der Waals surface area contributed by atoms with E-state index < -0.39 is 0 Å². The standard InChI is InChI=1S/C25H23ClN4O2/c1-16-14-29(15-17(2)32-16)25(31)23-12-22(19-10-6-7-11-20(19)26)27-24-13-21(28-30(23)24)18-8-4-3-5-9-18/h3-13,16-17H,14-15H2,1-2H3. The molecule has 32 heavy (non-hydrogen) atoms. The zero-order valence-electron chi connectivity index (χ0n) is 17.9. The predicted octanol–water partition coefficient (Wildman–Crippen LogP) is 4.97. The molecule has 7 heteroatoms. The van der Waals surface area contributed by atoms with Gasteiger partial charge in [0.15, 0.2) is 5.65 Å². The zero-order chi connectivity index (χ0) is 22.2. The molecule has 0 spiro atoms. The number of aromatic nitrogens is 3. The van der Waals surface area contributed by atoms with Crippen LogP contribution in [0.3, 0.4) is 0 Å². The second-order valence-corrected chi connectivity index (χ2v) is 8.55. The van der Waals surface area contributed by atoms with Gasteiger partial charge in [-0.25, -0.2) is 9.50 Å². The van der Waals surface area contributed by atoms with E-state index in [2.05, 4.69) is 0 Å². The monoisotopic (exact) mass is 446 g/mol. The molecule has 6 nitrogen and oxygen atoms in total. The third-order valence-corrected chi connectivity index (χ3v) is 5.90. The van der Waals surface area contributed by atoms with Crippen molar-refractivity contribution in [2.24, 2.45) is 0 Å². The normalized spacial score (nSPS) is 18.8. The Balaban J connectivity index is 1.67. The number of amides is 1. The van der Waals surface area contributed by atoms with Gasteiger partial charge in [-0.3, -0.25) is 4.79 Å². The molecule has 5 rings (SSSR count). The summed E-state index contributed by atoms with van der Waals surface area (Å²) in [4.78, 5) is 20.3. The molecular formula is C25H23ClN4O2. The fourth-order valence-electron chi connectivity index (χ4n) is 4.19. The van der Waals surface area contributed by atoms with Crippen LogP contribution in [0.2, 0.25) is 5.02 Å². The van der Waals surface area contributed by atoms with Crippen molar-refractivity contribution in [1.29, 1.82) is 0 Å². The summed E-state index contributed by atoms with van der Waals surface area (Å²) in [7, 11) is 0. The Kier molecular flexibility index (Phi) is 5.41. The lowest BCUT2D eigenvalue weighted by Gasteiger charge is -2.35.